The molecule has 0 saturated carbocycles. The first-order valence-corrected chi connectivity index (χ1v) is 9.13. The van der Waals surface area contributed by atoms with E-state index in [1.807, 2.05) is 16.3 Å². The summed E-state index contributed by atoms with van der Waals surface area (Å²) in [6, 6.07) is 1.93. The van der Waals surface area contributed by atoms with Crippen LogP contribution in [-0.4, -0.2) is 65.6 Å². The third kappa shape index (κ3) is 3.30. The highest BCUT2D eigenvalue weighted by Gasteiger charge is 2.38. The van der Waals surface area contributed by atoms with Crippen LogP contribution in [0.5, 0.6) is 0 Å². The Kier molecular flexibility index (Phi) is 4.28. The molecule has 0 radical (unpaired) electrons. The molecule has 2 aliphatic rings. The number of hydrogen-bond donors (Lipinski definition) is 0. The summed E-state index contributed by atoms with van der Waals surface area (Å²) in [5.41, 5.74) is 0.877. The number of ether oxygens (including phenoxy) is 1. The number of likely N-dealkylation sites (tertiary alicyclic amines) is 1. The topological polar surface area (TPSA) is 58.6 Å². The van der Waals surface area contributed by atoms with Crippen molar-refractivity contribution in [1.29, 1.82) is 0 Å². The molecule has 9 heteroatoms. The van der Waals surface area contributed by atoms with Crippen LogP contribution in [0, 0.1) is 0 Å². The predicted molar refractivity (Wildman–Crippen MR) is 90.1 cm³/mol. The van der Waals surface area contributed by atoms with Gasteiger partial charge in [0.1, 0.15) is 12.1 Å². The SMILES string of the molecule is O=C(C1CN(c2ncnc3ccsc23)CCO1)N1CCC(F)(F)CC1. The number of hydrogen-bond acceptors (Lipinski definition) is 6. The number of thiophene rings is 1. The van der Waals surface area contributed by atoms with Crippen molar-refractivity contribution in [2.45, 2.75) is 24.9 Å². The highest BCUT2D eigenvalue weighted by molar-refractivity contribution is 7.17. The van der Waals surface area contributed by atoms with Gasteiger partial charge in [0.15, 0.2) is 6.10 Å². The molecule has 1 atom stereocenters. The molecule has 6 nitrogen and oxygen atoms in total. The van der Waals surface area contributed by atoms with E-state index in [0.717, 1.165) is 16.0 Å². The van der Waals surface area contributed by atoms with Gasteiger partial charge in [-0.1, -0.05) is 0 Å². The first-order chi connectivity index (χ1) is 12.0. The first-order valence-electron chi connectivity index (χ1n) is 8.25. The van der Waals surface area contributed by atoms with Crippen LogP contribution in [0.2, 0.25) is 0 Å². The van der Waals surface area contributed by atoms with E-state index in [1.54, 1.807) is 11.3 Å². The number of anilines is 1. The minimum Gasteiger partial charge on any atom is -0.365 e. The maximum Gasteiger partial charge on any atom is 0.253 e. The summed E-state index contributed by atoms with van der Waals surface area (Å²) in [4.78, 5) is 24.8. The fourth-order valence-electron chi connectivity index (χ4n) is 3.25. The van der Waals surface area contributed by atoms with Crippen LogP contribution in [-0.2, 0) is 9.53 Å². The van der Waals surface area contributed by atoms with Crippen molar-refractivity contribution in [3.8, 4) is 0 Å². The highest BCUT2D eigenvalue weighted by Crippen LogP contribution is 2.30. The molecule has 2 aromatic rings. The molecular formula is C16H18F2N4O2S. The zero-order valence-corrected chi connectivity index (χ0v) is 14.3. The van der Waals surface area contributed by atoms with Gasteiger partial charge in [0.2, 0.25) is 0 Å². The van der Waals surface area contributed by atoms with E-state index in [1.165, 1.54) is 11.2 Å². The Bertz CT molecular complexity index is 774. The van der Waals surface area contributed by atoms with Gasteiger partial charge in [-0.05, 0) is 11.4 Å². The number of carbonyl (C=O) groups is 1. The predicted octanol–water partition coefficient (Wildman–Crippen LogP) is 2.15. The second-order valence-electron chi connectivity index (χ2n) is 6.32. The van der Waals surface area contributed by atoms with Crippen molar-refractivity contribution in [3.05, 3.63) is 17.8 Å². The Morgan fingerprint density at radius 1 is 1.28 bits per heavy atom. The van der Waals surface area contributed by atoms with E-state index in [4.69, 9.17) is 4.74 Å². The number of amides is 1. The molecule has 2 aliphatic heterocycles. The maximum absolute atomic E-state index is 13.3. The van der Waals surface area contributed by atoms with Crippen molar-refractivity contribution in [1.82, 2.24) is 14.9 Å². The fourth-order valence-corrected chi connectivity index (χ4v) is 4.11. The van der Waals surface area contributed by atoms with Gasteiger partial charge in [0.05, 0.1) is 23.4 Å². The van der Waals surface area contributed by atoms with E-state index in [2.05, 4.69) is 9.97 Å². The number of nitrogens with zero attached hydrogens (tertiary/aromatic N) is 4. The third-order valence-electron chi connectivity index (χ3n) is 4.67. The largest absolute Gasteiger partial charge is 0.365 e. The number of morpholine rings is 1. The molecule has 0 N–H and O–H groups in total. The molecule has 4 rings (SSSR count). The molecular weight excluding hydrogens is 350 g/mol. The molecule has 0 aliphatic carbocycles. The van der Waals surface area contributed by atoms with Crippen LogP contribution in [0.25, 0.3) is 10.2 Å². The number of fused-ring (bicyclic) bond motifs is 1. The minimum absolute atomic E-state index is 0.0777. The first kappa shape index (κ1) is 16.6. The van der Waals surface area contributed by atoms with E-state index >= 15 is 0 Å². The van der Waals surface area contributed by atoms with E-state index in [-0.39, 0.29) is 31.8 Å². The van der Waals surface area contributed by atoms with Crippen molar-refractivity contribution < 1.29 is 18.3 Å². The van der Waals surface area contributed by atoms with Gasteiger partial charge < -0.3 is 14.5 Å². The molecule has 1 unspecified atom stereocenters. The molecule has 2 fully saturated rings. The monoisotopic (exact) mass is 368 g/mol. The quantitative estimate of drug-likeness (QED) is 0.813. The van der Waals surface area contributed by atoms with E-state index in [0.29, 0.717) is 19.7 Å². The third-order valence-corrected chi connectivity index (χ3v) is 5.57. The lowest BCUT2D eigenvalue weighted by Gasteiger charge is -2.38. The zero-order chi connectivity index (χ0) is 17.4. The normalized spacial score (nSPS) is 23.8. The molecule has 4 heterocycles. The number of aromatic nitrogens is 2. The fraction of sp³-hybridized carbons (Fsp3) is 0.562. The molecule has 1 amide bonds. The molecule has 2 saturated heterocycles. The number of alkyl halides is 2. The lowest BCUT2D eigenvalue weighted by molar-refractivity contribution is -0.150. The second kappa shape index (κ2) is 6.45. The molecule has 0 bridgehead atoms. The summed E-state index contributed by atoms with van der Waals surface area (Å²) < 4.78 is 33.2. The van der Waals surface area contributed by atoms with Crippen molar-refractivity contribution in [2.75, 3.05) is 37.7 Å². The summed E-state index contributed by atoms with van der Waals surface area (Å²) in [6.07, 6.45) is 0.308. The summed E-state index contributed by atoms with van der Waals surface area (Å²) in [6.45, 7) is 1.56. The average molecular weight is 368 g/mol. The summed E-state index contributed by atoms with van der Waals surface area (Å²) in [5.74, 6) is -2.08. The van der Waals surface area contributed by atoms with Crippen LogP contribution in [0.1, 0.15) is 12.8 Å². The van der Waals surface area contributed by atoms with Gasteiger partial charge in [0.25, 0.3) is 11.8 Å². The van der Waals surface area contributed by atoms with Gasteiger partial charge in [-0.15, -0.1) is 11.3 Å². The summed E-state index contributed by atoms with van der Waals surface area (Å²) in [7, 11) is 0. The Labute approximate surface area is 147 Å². The Hall–Kier alpha value is -1.87. The lowest BCUT2D eigenvalue weighted by Crippen LogP contribution is -2.53. The van der Waals surface area contributed by atoms with Gasteiger partial charge in [0, 0.05) is 32.5 Å². The maximum atomic E-state index is 13.3. The Balaban J connectivity index is 1.48. The molecule has 25 heavy (non-hydrogen) atoms. The highest BCUT2D eigenvalue weighted by atomic mass is 32.1. The molecule has 2 aromatic heterocycles. The molecule has 0 aromatic carbocycles. The average Bonchev–Trinajstić information content (AvgIpc) is 3.10. The van der Waals surface area contributed by atoms with Crippen LogP contribution < -0.4 is 4.90 Å². The Morgan fingerprint density at radius 3 is 2.88 bits per heavy atom. The van der Waals surface area contributed by atoms with E-state index < -0.39 is 12.0 Å². The van der Waals surface area contributed by atoms with Crippen LogP contribution in [0.4, 0.5) is 14.6 Å². The molecule has 0 spiro atoms. The minimum atomic E-state index is -2.66. The second-order valence-corrected chi connectivity index (χ2v) is 7.24. The zero-order valence-electron chi connectivity index (χ0n) is 13.5. The number of halogens is 2. The van der Waals surface area contributed by atoms with Gasteiger partial charge >= 0.3 is 0 Å². The number of rotatable bonds is 2. The van der Waals surface area contributed by atoms with Gasteiger partial charge in [-0.25, -0.2) is 18.7 Å². The van der Waals surface area contributed by atoms with Crippen LogP contribution in [0.15, 0.2) is 17.8 Å². The van der Waals surface area contributed by atoms with Crippen molar-refractivity contribution >= 4 is 33.3 Å². The Morgan fingerprint density at radius 2 is 2.08 bits per heavy atom. The van der Waals surface area contributed by atoms with Gasteiger partial charge in [-0.3, -0.25) is 4.79 Å². The van der Waals surface area contributed by atoms with E-state index in [9.17, 15) is 13.6 Å². The smallest absolute Gasteiger partial charge is 0.253 e. The standard InChI is InChI=1S/C16H18F2N4O2S/c17-16(18)2-4-21(5-3-16)15(23)12-9-22(6-7-24-12)14-13-11(1-8-25-13)19-10-20-14/h1,8,10,12H,2-7,9H2. The lowest BCUT2D eigenvalue weighted by atomic mass is 10.1. The van der Waals surface area contributed by atoms with Crippen LogP contribution >= 0.6 is 11.3 Å². The summed E-state index contributed by atoms with van der Waals surface area (Å²) in [5, 5.41) is 1.96. The van der Waals surface area contributed by atoms with Crippen LogP contribution in [0.3, 0.4) is 0 Å². The van der Waals surface area contributed by atoms with Crippen molar-refractivity contribution in [2.24, 2.45) is 0 Å². The number of piperidine rings is 1. The van der Waals surface area contributed by atoms with Crippen molar-refractivity contribution in [3.63, 3.8) is 0 Å². The van der Waals surface area contributed by atoms with Gasteiger partial charge in [-0.2, -0.15) is 0 Å². The summed E-state index contributed by atoms with van der Waals surface area (Å²) >= 11 is 1.56. The number of carbonyl (C=O) groups excluding carboxylic acids is 1. The molecule has 134 valence electrons.